The van der Waals surface area contributed by atoms with Crippen molar-refractivity contribution in [2.75, 3.05) is 5.75 Å². The Kier molecular flexibility index (Phi) is 8.43. The summed E-state index contributed by atoms with van der Waals surface area (Å²) >= 11 is 1.70. The number of thioether (sulfide) groups is 1. The number of carbonyl (C=O) groups excluding carboxylic acids is 1. The number of aromatic nitrogens is 2. The van der Waals surface area contributed by atoms with Crippen molar-refractivity contribution in [3.8, 4) is 11.4 Å². The third-order valence-electron chi connectivity index (χ3n) is 5.81. The van der Waals surface area contributed by atoms with E-state index in [1.807, 2.05) is 56.4 Å². The third-order valence-corrected chi connectivity index (χ3v) is 6.81. The summed E-state index contributed by atoms with van der Waals surface area (Å²) in [6.45, 7) is 3.91. The average molecular weight is 529 g/mol. The van der Waals surface area contributed by atoms with Crippen LogP contribution in [0.15, 0.2) is 71.8 Å². The molecular weight excluding hydrogens is 501 g/mol. The quantitative estimate of drug-likeness (QED) is 0.121. The molecule has 1 aromatic heterocycles. The van der Waals surface area contributed by atoms with E-state index in [0.717, 1.165) is 57.7 Å². The van der Waals surface area contributed by atoms with E-state index >= 15 is 0 Å². The van der Waals surface area contributed by atoms with Crippen LogP contribution in [0.5, 0.6) is 5.75 Å². The molecule has 0 unspecified atom stereocenters. The maximum absolute atomic E-state index is 12.9. The first-order valence-corrected chi connectivity index (χ1v) is 13.0. The van der Waals surface area contributed by atoms with Gasteiger partial charge in [0, 0.05) is 34.2 Å². The molecule has 0 N–H and O–H groups in total. The Balaban J connectivity index is 1.42. The molecule has 9 heteroatoms. The van der Waals surface area contributed by atoms with E-state index in [0.29, 0.717) is 24.3 Å². The molecule has 194 valence electrons. The number of alkyl halides is 3. The fraction of sp³-hybridized carbons (Fsp3) is 0.286. The molecule has 0 spiro atoms. The highest BCUT2D eigenvalue weighted by Crippen LogP contribution is 2.31. The van der Waals surface area contributed by atoms with Crippen LogP contribution in [0.25, 0.3) is 16.6 Å². The molecule has 4 rings (SSSR count). The van der Waals surface area contributed by atoms with Crippen molar-refractivity contribution in [2.24, 2.45) is 0 Å². The number of halogens is 3. The highest BCUT2D eigenvalue weighted by Gasteiger charge is 2.30. The number of hydrogen-bond donors (Lipinski definition) is 0. The molecule has 0 aliphatic carbocycles. The number of nitrogens with zero attached hydrogens (tertiary/aromatic N) is 2. The van der Waals surface area contributed by atoms with E-state index in [1.165, 1.54) is 12.1 Å². The van der Waals surface area contributed by atoms with Crippen LogP contribution >= 0.6 is 11.8 Å². The number of carbonyl (C=O) groups is 1. The summed E-state index contributed by atoms with van der Waals surface area (Å²) in [4.78, 5) is 22.8. The molecule has 0 bridgehead atoms. The zero-order chi connectivity index (χ0) is 26.4. The van der Waals surface area contributed by atoms with Crippen LogP contribution in [-0.2, 0) is 28.7 Å². The van der Waals surface area contributed by atoms with E-state index in [9.17, 15) is 18.0 Å². The monoisotopic (exact) mass is 528 g/mol. The van der Waals surface area contributed by atoms with E-state index in [-0.39, 0.29) is 0 Å². The Hall–Kier alpha value is -3.46. The zero-order valence-electron chi connectivity index (χ0n) is 20.5. The summed E-state index contributed by atoms with van der Waals surface area (Å²) < 4.78 is 40.3. The number of hydrogen-bond acceptors (Lipinski definition) is 5. The Morgan fingerprint density at radius 2 is 1.81 bits per heavy atom. The minimum Gasteiger partial charge on any atom is -0.287 e. The summed E-state index contributed by atoms with van der Waals surface area (Å²) in [6.07, 6.45) is -0.0404. The second kappa shape index (κ2) is 11.7. The van der Waals surface area contributed by atoms with Crippen LogP contribution in [0, 0.1) is 0 Å². The van der Waals surface area contributed by atoms with Gasteiger partial charge in [-0.25, -0.2) is 9.48 Å². The lowest BCUT2D eigenvalue weighted by Gasteiger charge is -2.10. The second-order valence-corrected chi connectivity index (χ2v) is 9.65. The number of aryl methyl sites for hydroxylation is 2. The fourth-order valence-electron chi connectivity index (χ4n) is 3.86. The molecule has 0 amide bonds. The molecule has 4 aromatic rings. The molecular formula is C28H27F3N2O3S. The minimum atomic E-state index is -4.37. The average Bonchev–Trinajstić information content (AvgIpc) is 3.33. The van der Waals surface area contributed by atoms with Gasteiger partial charge in [-0.3, -0.25) is 9.78 Å². The van der Waals surface area contributed by atoms with Crippen molar-refractivity contribution in [3.05, 3.63) is 83.6 Å². The van der Waals surface area contributed by atoms with Crippen LogP contribution in [0.1, 0.15) is 43.4 Å². The first-order valence-electron chi connectivity index (χ1n) is 12.1. The van der Waals surface area contributed by atoms with Crippen molar-refractivity contribution in [2.45, 2.75) is 50.6 Å². The molecule has 0 aliphatic rings. The molecule has 0 atom stereocenters. The minimum absolute atomic E-state index is 0.310. The van der Waals surface area contributed by atoms with Gasteiger partial charge in [-0.1, -0.05) is 32.0 Å². The van der Waals surface area contributed by atoms with E-state index in [4.69, 9.17) is 9.78 Å². The third kappa shape index (κ3) is 6.65. The van der Waals surface area contributed by atoms with Gasteiger partial charge in [-0.15, -0.1) is 11.8 Å². The first kappa shape index (κ1) is 26.6. The molecule has 0 fully saturated rings. The lowest BCUT2D eigenvalue weighted by molar-refractivity contribution is -0.214. The van der Waals surface area contributed by atoms with Crippen molar-refractivity contribution < 1.29 is 27.7 Å². The van der Waals surface area contributed by atoms with Gasteiger partial charge in [0.1, 0.15) is 0 Å². The van der Waals surface area contributed by atoms with Crippen molar-refractivity contribution in [3.63, 3.8) is 0 Å². The van der Waals surface area contributed by atoms with Crippen LogP contribution in [0.2, 0.25) is 0 Å². The lowest BCUT2D eigenvalue weighted by atomic mass is 10.1. The van der Waals surface area contributed by atoms with Crippen molar-refractivity contribution in [1.82, 2.24) is 9.78 Å². The Bertz CT molecular complexity index is 1370. The van der Waals surface area contributed by atoms with Crippen molar-refractivity contribution >= 4 is 28.6 Å². The Morgan fingerprint density at radius 3 is 2.51 bits per heavy atom. The maximum atomic E-state index is 12.9. The molecule has 5 nitrogen and oxygen atoms in total. The SMILES string of the molecule is CCCC(=O)OOc1ccc(SCCc2cccc3cn(-c4ccc(C(F)(F)F)cc4)nc23)cc1CC. The highest BCUT2D eigenvalue weighted by atomic mass is 32.2. The number of benzene rings is 3. The highest BCUT2D eigenvalue weighted by molar-refractivity contribution is 7.99. The van der Waals surface area contributed by atoms with Gasteiger partial charge in [-0.05, 0) is 67.3 Å². The van der Waals surface area contributed by atoms with Gasteiger partial charge in [0.2, 0.25) is 0 Å². The molecule has 37 heavy (non-hydrogen) atoms. The van der Waals surface area contributed by atoms with Crippen molar-refractivity contribution in [1.29, 1.82) is 0 Å². The normalized spacial score (nSPS) is 11.6. The zero-order valence-corrected chi connectivity index (χ0v) is 21.4. The van der Waals surface area contributed by atoms with E-state index in [1.54, 1.807) is 16.4 Å². The molecule has 0 radical (unpaired) electrons. The molecule has 1 heterocycles. The summed E-state index contributed by atoms with van der Waals surface area (Å²) in [7, 11) is 0. The summed E-state index contributed by atoms with van der Waals surface area (Å²) in [5, 5.41) is 5.58. The number of rotatable bonds is 10. The molecule has 0 saturated heterocycles. The maximum Gasteiger partial charge on any atom is 0.416 e. The first-order chi connectivity index (χ1) is 17.8. The molecule has 0 aliphatic heterocycles. The van der Waals surface area contributed by atoms with E-state index < -0.39 is 17.7 Å². The number of fused-ring (bicyclic) bond motifs is 1. The second-order valence-electron chi connectivity index (χ2n) is 8.48. The van der Waals surface area contributed by atoms with Gasteiger partial charge >= 0.3 is 12.1 Å². The standard InChI is InChI=1S/C28H27F3N2O3S/c1-3-6-26(34)36-35-25-14-13-24(17-19(25)4-2)37-16-15-20-7-5-8-21-18-33(32-27(20)21)23-11-9-22(10-12-23)28(29,30)31/h5,7-14,17-18H,3-4,6,15-16H2,1-2H3. The van der Waals surface area contributed by atoms with Crippen LogP contribution in [0.4, 0.5) is 13.2 Å². The summed E-state index contributed by atoms with van der Waals surface area (Å²) in [5.74, 6) is 0.953. The Labute approximate surface area is 217 Å². The molecule has 0 saturated carbocycles. The molecule has 3 aromatic carbocycles. The van der Waals surface area contributed by atoms with Gasteiger partial charge in [0.15, 0.2) is 5.75 Å². The lowest BCUT2D eigenvalue weighted by Crippen LogP contribution is -2.08. The van der Waals surface area contributed by atoms with Gasteiger partial charge in [0.05, 0.1) is 16.8 Å². The fourth-order valence-corrected chi connectivity index (χ4v) is 4.81. The van der Waals surface area contributed by atoms with E-state index in [2.05, 4.69) is 5.10 Å². The largest absolute Gasteiger partial charge is 0.416 e. The topological polar surface area (TPSA) is 53.4 Å². The van der Waals surface area contributed by atoms with Crippen LogP contribution < -0.4 is 4.89 Å². The predicted molar refractivity (Wildman–Crippen MR) is 138 cm³/mol. The van der Waals surface area contributed by atoms with Gasteiger partial charge in [-0.2, -0.15) is 18.3 Å². The Morgan fingerprint density at radius 1 is 1.03 bits per heavy atom. The van der Waals surface area contributed by atoms with Gasteiger partial charge in [0.25, 0.3) is 0 Å². The summed E-state index contributed by atoms with van der Waals surface area (Å²) in [6, 6.07) is 16.7. The van der Waals surface area contributed by atoms with Crippen LogP contribution in [0.3, 0.4) is 0 Å². The van der Waals surface area contributed by atoms with Gasteiger partial charge < -0.3 is 0 Å². The van der Waals surface area contributed by atoms with Crippen LogP contribution in [-0.4, -0.2) is 21.5 Å². The predicted octanol–water partition coefficient (Wildman–Crippen LogP) is 7.58. The smallest absolute Gasteiger partial charge is 0.287 e. The summed E-state index contributed by atoms with van der Waals surface area (Å²) in [5.41, 5.74) is 2.73.